The van der Waals surface area contributed by atoms with Crippen molar-refractivity contribution in [2.75, 3.05) is 0 Å². The Bertz CT molecular complexity index is 786. The summed E-state index contributed by atoms with van der Waals surface area (Å²) in [6.45, 7) is 2.14. The molecule has 1 aromatic carbocycles. The number of non-ortho nitro benzene ring substituents is 1. The van der Waals surface area contributed by atoms with Crippen LogP contribution in [0.5, 0.6) is 5.75 Å². The monoisotopic (exact) mass is 423 g/mol. The largest absolute Gasteiger partial charge is 0.427 e. The van der Waals surface area contributed by atoms with E-state index < -0.39 is 4.92 Å². The van der Waals surface area contributed by atoms with Crippen LogP contribution >= 0.6 is 0 Å². The molecule has 0 amide bonds. The molecule has 0 radical (unpaired) electrons. The third-order valence-electron chi connectivity index (χ3n) is 4.19. The second-order valence-electron chi connectivity index (χ2n) is 6.83. The van der Waals surface area contributed by atoms with Gasteiger partial charge in [-0.1, -0.05) is 67.7 Å². The summed E-state index contributed by atoms with van der Waals surface area (Å²) < 4.78 is 5.17. The lowest BCUT2D eigenvalue weighted by Crippen LogP contribution is -2.07. The van der Waals surface area contributed by atoms with Crippen LogP contribution in [0.3, 0.4) is 0 Å². The van der Waals surface area contributed by atoms with E-state index in [9.17, 15) is 14.9 Å². The lowest BCUT2D eigenvalue weighted by Gasteiger charge is -2.03. The van der Waals surface area contributed by atoms with Gasteiger partial charge >= 0.3 is 5.97 Å². The fourth-order valence-electron chi connectivity index (χ4n) is 2.55. The van der Waals surface area contributed by atoms with Gasteiger partial charge in [0.1, 0.15) is 5.75 Å². The van der Waals surface area contributed by atoms with E-state index in [0.717, 1.165) is 38.5 Å². The van der Waals surface area contributed by atoms with Crippen LogP contribution in [0.25, 0.3) is 0 Å². The van der Waals surface area contributed by atoms with Crippen LogP contribution in [0.1, 0.15) is 58.3 Å². The summed E-state index contributed by atoms with van der Waals surface area (Å²) in [4.78, 5) is 21.9. The molecule has 0 fully saturated rings. The summed E-state index contributed by atoms with van der Waals surface area (Å²) >= 11 is 0. The van der Waals surface area contributed by atoms with Crippen molar-refractivity contribution in [2.24, 2.45) is 0 Å². The molecule has 31 heavy (non-hydrogen) atoms. The molecule has 0 unspecified atom stereocenters. The van der Waals surface area contributed by atoms with E-state index in [1.54, 1.807) is 0 Å². The Hall–Kier alpha value is -3.21. The normalized spacial score (nSPS) is 12.2. The van der Waals surface area contributed by atoms with Crippen LogP contribution < -0.4 is 4.74 Å². The van der Waals surface area contributed by atoms with Gasteiger partial charge in [0.2, 0.25) is 0 Å². The average molecular weight is 424 g/mol. The Morgan fingerprint density at radius 1 is 0.839 bits per heavy atom. The zero-order valence-electron chi connectivity index (χ0n) is 18.3. The standard InChI is InChI=1S/C26H33NO4/c1-2-3-4-5-6-7-8-9-10-11-12-13-14-15-16-17-18-19-26(28)31-25-22-20-24(21-23-25)27(29)30/h3-4,6-7,9-10,12-13,15-16,20-23H,2,5,8,11,14,17-19H2,1H3. The van der Waals surface area contributed by atoms with Crippen molar-refractivity contribution in [3.05, 3.63) is 95.1 Å². The van der Waals surface area contributed by atoms with Crippen LogP contribution in [-0.2, 0) is 4.79 Å². The van der Waals surface area contributed by atoms with Gasteiger partial charge in [-0.3, -0.25) is 14.9 Å². The van der Waals surface area contributed by atoms with Crippen LogP contribution in [0.4, 0.5) is 5.69 Å². The molecule has 0 saturated carbocycles. The number of carbonyl (C=O) groups is 1. The lowest BCUT2D eigenvalue weighted by atomic mass is 10.2. The zero-order chi connectivity index (χ0) is 22.6. The molecule has 1 rings (SSSR count). The number of carbonyl (C=O) groups excluding carboxylic acids is 1. The van der Waals surface area contributed by atoms with E-state index in [2.05, 4.69) is 67.7 Å². The molecule has 166 valence electrons. The Balaban J connectivity index is 2.05. The van der Waals surface area contributed by atoms with Crippen LogP contribution in [0.2, 0.25) is 0 Å². The molecule has 0 atom stereocenters. The third-order valence-corrected chi connectivity index (χ3v) is 4.19. The molecule has 1 aromatic rings. The first kappa shape index (κ1) is 25.8. The molecule has 0 spiro atoms. The van der Waals surface area contributed by atoms with Crippen molar-refractivity contribution in [1.29, 1.82) is 0 Å². The number of unbranched alkanes of at least 4 members (excludes halogenated alkanes) is 1. The number of hydrogen-bond acceptors (Lipinski definition) is 4. The van der Waals surface area contributed by atoms with Crippen LogP contribution in [0, 0.1) is 10.1 Å². The molecule has 5 nitrogen and oxygen atoms in total. The maximum Gasteiger partial charge on any atom is 0.311 e. The summed E-state index contributed by atoms with van der Waals surface area (Å²) in [5, 5.41) is 10.6. The number of ether oxygens (including phenoxy) is 1. The van der Waals surface area contributed by atoms with Gasteiger partial charge < -0.3 is 4.74 Å². The maximum absolute atomic E-state index is 11.8. The quantitative estimate of drug-likeness (QED) is 0.0735. The molecule has 0 aliphatic carbocycles. The highest BCUT2D eigenvalue weighted by Gasteiger charge is 2.07. The number of nitro benzene ring substituents is 1. The minimum atomic E-state index is -0.489. The van der Waals surface area contributed by atoms with Crippen molar-refractivity contribution in [3.63, 3.8) is 0 Å². The van der Waals surface area contributed by atoms with Gasteiger partial charge in [-0.25, -0.2) is 0 Å². The van der Waals surface area contributed by atoms with Crippen molar-refractivity contribution in [1.82, 2.24) is 0 Å². The fraction of sp³-hybridized carbons (Fsp3) is 0.346. The maximum atomic E-state index is 11.8. The van der Waals surface area contributed by atoms with Gasteiger partial charge in [0.25, 0.3) is 5.69 Å². The van der Waals surface area contributed by atoms with Crippen LogP contribution in [-0.4, -0.2) is 10.9 Å². The van der Waals surface area contributed by atoms with Crippen molar-refractivity contribution in [3.8, 4) is 5.75 Å². The van der Waals surface area contributed by atoms with Gasteiger partial charge in [-0.2, -0.15) is 0 Å². The Morgan fingerprint density at radius 3 is 1.81 bits per heavy atom. The minimum Gasteiger partial charge on any atom is -0.427 e. The highest BCUT2D eigenvalue weighted by Crippen LogP contribution is 2.18. The van der Waals surface area contributed by atoms with E-state index in [-0.39, 0.29) is 11.7 Å². The second-order valence-corrected chi connectivity index (χ2v) is 6.83. The number of rotatable bonds is 15. The van der Waals surface area contributed by atoms with E-state index >= 15 is 0 Å². The molecule has 0 heterocycles. The summed E-state index contributed by atoms with van der Waals surface area (Å²) in [5.74, 6) is -0.00770. The Kier molecular flexibility index (Phi) is 14.7. The molecule has 0 bridgehead atoms. The van der Waals surface area contributed by atoms with Gasteiger partial charge in [0.15, 0.2) is 0 Å². The van der Waals surface area contributed by atoms with Crippen LogP contribution in [0.15, 0.2) is 85.0 Å². The average Bonchev–Trinajstić information content (AvgIpc) is 2.76. The van der Waals surface area contributed by atoms with Crippen molar-refractivity contribution < 1.29 is 14.5 Å². The first-order valence-corrected chi connectivity index (χ1v) is 10.8. The summed E-state index contributed by atoms with van der Waals surface area (Å²) in [6, 6.07) is 5.50. The van der Waals surface area contributed by atoms with E-state index in [1.807, 2.05) is 0 Å². The van der Waals surface area contributed by atoms with Gasteiger partial charge in [0, 0.05) is 18.6 Å². The second kappa shape index (κ2) is 17.6. The first-order valence-electron chi connectivity index (χ1n) is 10.8. The molecular weight excluding hydrogens is 390 g/mol. The molecule has 0 saturated heterocycles. The molecule has 0 aliphatic heterocycles. The van der Waals surface area contributed by atoms with Crippen molar-refractivity contribution in [2.45, 2.75) is 58.3 Å². The number of hydrogen-bond donors (Lipinski definition) is 0. The molecular formula is C26H33NO4. The SMILES string of the molecule is CCC=CCC=CCC=CCC=CCC=CCCCC(=O)Oc1ccc([N+](=O)[O-])cc1. The molecule has 0 N–H and O–H groups in total. The molecule has 5 heteroatoms. The number of benzene rings is 1. The number of allylic oxidation sites excluding steroid dienone is 10. The highest BCUT2D eigenvalue weighted by atomic mass is 16.6. The van der Waals surface area contributed by atoms with Gasteiger partial charge in [-0.05, 0) is 57.1 Å². The summed E-state index contributed by atoms with van der Waals surface area (Å²) in [6.07, 6.45) is 28.2. The number of nitro groups is 1. The lowest BCUT2D eigenvalue weighted by molar-refractivity contribution is -0.384. The number of esters is 1. The summed E-state index contributed by atoms with van der Waals surface area (Å²) in [7, 11) is 0. The predicted octanol–water partition coefficient (Wildman–Crippen LogP) is 7.42. The smallest absolute Gasteiger partial charge is 0.311 e. The van der Waals surface area contributed by atoms with E-state index in [1.165, 1.54) is 24.3 Å². The van der Waals surface area contributed by atoms with Gasteiger partial charge in [-0.15, -0.1) is 0 Å². The van der Waals surface area contributed by atoms with E-state index in [0.29, 0.717) is 18.6 Å². The topological polar surface area (TPSA) is 69.4 Å². The summed E-state index contributed by atoms with van der Waals surface area (Å²) in [5.41, 5.74) is -0.0295. The number of nitrogens with zero attached hydrogens (tertiary/aromatic N) is 1. The van der Waals surface area contributed by atoms with E-state index in [4.69, 9.17) is 4.74 Å². The third kappa shape index (κ3) is 14.4. The predicted molar refractivity (Wildman–Crippen MR) is 127 cm³/mol. The van der Waals surface area contributed by atoms with Gasteiger partial charge in [0.05, 0.1) is 4.92 Å². The molecule has 0 aromatic heterocycles. The molecule has 0 aliphatic rings. The van der Waals surface area contributed by atoms with Crippen molar-refractivity contribution >= 4 is 11.7 Å². The zero-order valence-corrected chi connectivity index (χ0v) is 18.3. The first-order chi connectivity index (χ1) is 15.1. The highest BCUT2D eigenvalue weighted by molar-refractivity contribution is 5.72. The Morgan fingerprint density at radius 2 is 1.32 bits per heavy atom. The fourth-order valence-corrected chi connectivity index (χ4v) is 2.55. The minimum absolute atomic E-state index is 0.0295. The Labute approximate surface area is 185 Å².